The van der Waals surface area contributed by atoms with Gasteiger partial charge in [0.25, 0.3) is 0 Å². The van der Waals surface area contributed by atoms with Crippen molar-refractivity contribution in [1.82, 2.24) is 24.9 Å². The molecule has 0 spiro atoms. The molecule has 0 aliphatic rings. The molecule has 0 aliphatic heterocycles. The Hall–Kier alpha value is -3.74. The zero-order chi connectivity index (χ0) is 18.6. The highest BCUT2D eigenvalue weighted by atomic mass is 16.2. The number of carbonyl (C=O) groups is 1. The smallest absolute Gasteiger partial charge is 0.319 e. The van der Waals surface area contributed by atoms with Crippen LogP contribution < -0.4 is 10.6 Å². The van der Waals surface area contributed by atoms with E-state index in [-0.39, 0.29) is 6.03 Å². The predicted molar refractivity (Wildman–Crippen MR) is 104 cm³/mol. The Labute approximate surface area is 156 Å². The summed E-state index contributed by atoms with van der Waals surface area (Å²) in [5.41, 5.74) is 5.01. The Balaban J connectivity index is 1.67. The topological polar surface area (TPSA) is 84.2 Å². The minimum Gasteiger partial charge on any atom is -0.338 e. The van der Waals surface area contributed by atoms with Crippen LogP contribution in [0.3, 0.4) is 0 Å². The van der Waals surface area contributed by atoms with Gasteiger partial charge < -0.3 is 10.6 Å². The summed E-state index contributed by atoms with van der Waals surface area (Å²) in [7, 11) is 0. The van der Waals surface area contributed by atoms with E-state index in [2.05, 4.69) is 25.7 Å². The molecule has 2 N–H and O–H groups in total. The van der Waals surface area contributed by atoms with Crippen LogP contribution >= 0.6 is 0 Å². The van der Waals surface area contributed by atoms with Crippen LogP contribution in [0.4, 0.5) is 10.5 Å². The van der Waals surface area contributed by atoms with Crippen molar-refractivity contribution in [2.75, 3.05) is 11.9 Å². The third kappa shape index (κ3) is 3.48. The fourth-order valence-electron chi connectivity index (χ4n) is 2.84. The number of benzene rings is 1. The molecular formula is C20H18N6O. The lowest BCUT2D eigenvalue weighted by atomic mass is 10.1. The summed E-state index contributed by atoms with van der Waals surface area (Å²) >= 11 is 0. The second-order valence-corrected chi connectivity index (χ2v) is 5.95. The molecule has 0 bridgehead atoms. The van der Waals surface area contributed by atoms with Gasteiger partial charge in [-0.1, -0.05) is 18.2 Å². The Morgan fingerprint density at radius 3 is 2.81 bits per heavy atom. The van der Waals surface area contributed by atoms with Crippen molar-refractivity contribution < 1.29 is 4.79 Å². The van der Waals surface area contributed by atoms with Crippen LogP contribution in [-0.2, 0) is 0 Å². The fourth-order valence-corrected chi connectivity index (χ4v) is 2.84. The summed E-state index contributed by atoms with van der Waals surface area (Å²) in [6, 6.07) is 13.1. The van der Waals surface area contributed by atoms with Gasteiger partial charge in [0.1, 0.15) is 0 Å². The third-order valence-corrected chi connectivity index (χ3v) is 4.09. The van der Waals surface area contributed by atoms with E-state index in [4.69, 9.17) is 0 Å². The minimum atomic E-state index is -0.229. The van der Waals surface area contributed by atoms with Gasteiger partial charge in [0.2, 0.25) is 0 Å². The van der Waals surface area contributed by atoms with Crippen molar-refractivity contribution in [3.8, 4) is 22.4 Å². The zero-order valence-electron chi connectivity index (χ0n) is 14.8. The molecule has 1 aromatic carbocycles. The van der Waals surface area contributed by atoms with Crippen LogP contribution in [0.2, 0.25) is 0 Å². The lowest BCUT2D eigenvalue weighted by Gasteiger charge is -2.07. The summed E-state index contributed by atoms with van der Waals surface area (Å²) in [4.78, 5) is 20.7. The molecule has 134 valence electrons. The summed E-state index contributed by atoms with van der Waals surface area (Å²) in [5.74, 6) is 0. The Morgan fingerprint density at radius 1 is 1.07 bits per heavy atom. The number of urea groups is 1. The maximum absolute atomic E-state index is 11.7. The van der Waals surface area contributed by atoms with E-state index >= 15 is 0 Å². The molecular weight excluding hydrogens is 340 g/mol. The van der Waals surface area contributed by atoms with Gasteiger partial charge in [0.15, 0.2) is 5.65 Å². The number of rotatable bonds is 4. The lowest BCUT2D eigenvalue weighted by Crippen LogP contribution is -2.28. The molecule has 0 saturated heterocycles. The Bertz CT molecular complexity index is 1090. The number of amides is 2. The second kappa shape index (κ2) is 7.25. The fraction of sp³-hybridized carbons (Fsp3) is 0.100. The van der Waals surface area contributed by atoms with Crippen LogP contribution in [-0.4, -0.2) is 32.2 Å². The summed E-state index contributed by atoms with van der Waals surface area (Å²) < 4.78 is 1.74. The van der Waals surface area contributed by atoms with Crippen LogP contribution in [0.1, 0.15) is 6.92 Å². The Kier molecular flexibility index (Phi) is 4.49. The standard InChI is InChI=1S/C20H18N6O/c1-2-21-20(27)25-16-7-5-6-14(10-16)17-12-24-26-13-15(11-23-19(17)26)18-8-3-4-9-22-18/h3-13H,2H2,1H3,(H2,21,25,27). The number of nitrogens with one attached hydrogen (secondary N) is 2. The van der Waals surface area contributed by atoms with E-state index in [1.54, 1.807) is 23.1 Å². The SMILES string of the molecule is CCNC(=O)Nc1cccc(-c2cnn3cc(-c4ccccn4)cnc23)c1. The molecule has 7 heteroatoms. The van der Waals surface area contributed by atoms with E-state index in [0.29, 0.717) is 12.2 Å². The molecule has 4 rings (SSSR count). The molecule has 0 fully saturated rings. The van der Waals surface area contributed by atoms with Crippen LogP contribution in [0.15, 0.2) is 67.3 Å². The van der Waals surface area contributed by atoms with Gasteiger partial charge in [-0.15, -0.1) is 0 Å². The number of carbonyl (C=O) groups excluding carboxylic acids is 1. The Morgan fingerprint density at radius 2 is 2.00 bits per heavy atom. The molecule has 3 heterocycles. The van der Waals surface area contributed by atoms with E-state index in [1.165, 1.54) is 0 Å². The lowest BCUT2D eigenvalue weighted by molar-refractivity contribution is 0.252. The monoisotopic (exact) mass is 358 g/mol. The number of pyridine rings is 1. The summed E-state index contributed by atoms with van der Waals surface area (Å²) in [5, 5.41) is 9.96. The molecule has 7 nitrogen and oxygen atoms in total. The number of hydrogen-bond acceptors (Lipinski definition) is 4. The first kappa shape index (κ1) is 16.7. The quantitative estimate of drug-likeness (QED) is 0.584. The van der Waals surface area contributed by atoms with Gasteiger partial charge in [-0.25, -0.2) is 14.3 Å². The molecule has 3 aromatic heterocycles. The number of hydrogen-bond donors (Lipinski definition) is 2. The third-order valence-electron chi connectivity index (χ3n) is 4.09. The molecule has 27 heavy (non-hydrogen) atoms. The average Bonchev–Trinajstić information content (AvgIpc) is 3.12. The molecule has 0 saturated carbocycles. The number of nitrogens with zero attached hydrogens (tertiary/aromatic N) is 4. The second-order valence-electron chi connectivity index (χ2n) is 5.95. The minimum absolute atomic E-state index is 0.229. The number of fused-ring (bicyclic) bond motifs is 1. The van der Waals surface area contributed by atoms with Crippen molar-refractivity contribution in [3.05, 3.63) is 67.3 Å². The van der Waals surface area contributed by atoms with E-state index in [1.807, 2.05) is 55.6 Å². The number of anilines is 1. The van der Waals surface area contributed by atoms with Crippen LogP contribution in [0.25, 0.3) is 28.0 Å². The summed E-state index contributed by atoms with van der Waals surface area (Å²) in [6.07, 6.45) is 7.22. The first-order valence-corrected chi connectivity index (χ1v) is 8.64. The molecule has 0 atom stereocenters. The average molecular weight is 358 g/mol. The highest BCUT2D eigenvalue weighted by Crippen LogP contribution is 2.27. The molecule has 0 aliphatic carbocycles. The van der Waals surface area contributed by atoms with Crippen molar-refractivity contribution in [2.45, 2.75) is 6.92 Å². The highest BCUT2D eigenvalue weighted by Gasteiger charge is 2.11. The molecule has 4 aromatic rings. The molecule has 0 radical (unpaired) electrons. The van der Waals surface area contributed by atoms with Gasteiger partial charge in [-0.2, -0.15) is 5.10 Å². The number of aromatic nitrogens is 4. The van der Waals surface area contributed by atoms with Gasteiger partial charge in [0.05, 0.1) is 11.9 Å². The first-order valence-electron chi connectivity index (χ1n) is 8.64. The van der Waals surface area contributed by atoms with Gasteiger partial charge in [-0.3, -0.25) is 4.98 Å². The van der Waals surface area contributed by atoms with Crippen LogP contribution in [0.5, 0.6) is 0 Å². The van der Waals surface area contributed by atoms with E-state index in [0.717, 1.165) is 28.0 Å². The van der Waals surface area contributed by atoms with E-state index < -0.39 is 0 Å². The van der Waals surface area contributed by atoms with Gasteiger partial charge >= 0.3 is 6.03 Å². The largest absolute Gasteiger partial charge is 0.338 e. The van der Waals surface area contributed by atoms with Crippen molar-refractivity contribution in [2.24, 2.45) is 0 Å². The van der Waals surface area contributed by atoms with Crippen molar-refractivity contribution in [3.63, 3.8) is 0 Å². The predicted octanol–water partition coefficient (Wildman–Crippen LogP) is 3.60. The van der Waals surface area contributed by atoms with Gasteiger partial charge in [-0.05, 0) is 36.8 Å². The maximum Gasteiger partial charge on any atom is 0.319 e. The van der Waals surface area contributed by atoms with Crippen molar-refractivity contribution in [1.29, 1.82) is 0 Å². The molecule has 2 amide bonds. The van der Waals surface area contributed by atoms with Gasteiger partial charge in [0, 0.05) is 41.9 Å². The van der Waals surface area contributed by atoms with Crippen LogP contribution in [0, 0.1) is 0 Å². The normalized spacial score (nSPS) is 10.7. The van der Waals surface area contributed by atoms with Crippen molar-refractivity contribution >= 4 is 17.4 Å². The van der Waals surface area contributed by atoms with E-state index in [9.17, 15) is 4.79 Å². The first-order chi connectivity index (χ1) is 13.2. The summed E-state index contributed by atoms with van der Waals surface area (Å²) in [6.45, 7) is 2.45. The molecule has 0 unspecified atom stereocenters. The highest BCUT2D eigenvalue weighted by molar-refractivity contribution is 5.90. The maximum atomic E-state index is 11.7. The zero-order valence-corrected chi connectivity index (χ0v) is 14.8.